The largest absolute Gasteiger partial charge is 0.480 e. The summed E-state index contributed by atoms with van der Waals surface area (Å²) in [5.41, 5.74) is 5.81. The van der Waals surface area contributed by atoms with Crippen molar-refractivity contribution in [1.82, 2.24) is 15.1 Å². The average Bonchev–Trinajstić information content (AvgIpc) is 2.59. The number of rotatable bonds is 5. The van der Waals surface area contributed by atoms with Gasteiger partial charge in [0.05, 0.1) is 13.2 Å². The summed E-state index contributed by atoms with van der Waals surface area (Å²) >= 11 is 0. The number of hydrogen-bond acceptors (Lipinski definition) is 7. The highest BCUT2D eigenvalue weighted by Gasteiger charge is 2.27. The number of aliphatic carboxylic acids is 1. The number of ether oxygens (including phenoxy) is 1. The molecule has 0 spiro atoms. The molecule has 9 nitrogen and oxygen atoms in total. The van der Waals surface area contributed by atoms with E-state index >= 15 is 0 Å². The van der Waals surface area contributed by atoms with Crippen LogP contribution in [0.1, 0.15) is 10.4 Å². The third-order valence-electron chi connectivity index (χ3n) is 2.79. The fourth-order valence-corrected chi connectivity index (χ4v) is 1.71. The van der Waals surface area contributed by atoms with Gasteiger partial charge in [-0.25, -0.2) is 9.48 Å². The SMILES string of the molecule is COC(=O)c1c(NC2CNC2)nn(CC(=O)O)c1N. The van der Waals surface area contributed by atoms with Gasteiger partial charge in [0.2, 0.25) is 0 Å². The quantitative estimate of drug-likeness (QED) is 0.486. The second kappa shape index (κ2) is 5.14. The van der Waals surface area contributed by atoms with Gasteiger partial charge in [-0.15, -0.1) is 0 Å². The summed E-state index contributed by atoms with van der Waals surface area (Å²) in [6.45, 7) is 1.07. The van der Waals surface area contributed by atoms with Crippen LogP contribution in [0.25, 0.3) is 0 Å². The van der Waals surface area contributed by atoms with Crippen LogP contribution in [0.15, 0.2) is 0 Å². The number of carbonyl (C=O) groups is 2. The van der Waals surface area contributed by atoms with Crippen LogP contribution in [0, 0.1) is 0 Å². The van der Waals surface area contributed by atoms with Gasteiger partial charge in [-0.3, -0.25) is 4.79 Å². The molecule has 0 aliphatic carbocycles. The van der Waals surface area contributed by atoms with Crippen molar-refractivity contribution in [3.8, 4) is 0 Å². The highest BCUT2D eigenvalue weighted by Crippen LogP contribution is 2.23. The van der Waals surface area contributed by atoms with Crippen LogP contribution in [0.5, 0.6) is 0 Å². The summed E-state index contributed by atoms with van der Waals surface area (Å²) < 4.78 is 5.69. The Morgan fingerprint density at radius 2 is 2.32 bits per heavy atom. The van der Waals surface area contributed by atoms with E-state index in [1.165, 1.54) is 7.11 Å². The maximum atomic E-state index is 11.7. The van der Waals surface area contributed by atoms with Crippen molar-refractivity contribution in [2.75, 3.05) is 31.2 Å². The summed E-state index contributed by atoms with van der Waals surface area (Å²) in [6, 6.07) is 0.135. The van der Waals surface area contributed by atoms with E-state index < -0.39 is 18.5 Å². The molecule has 9 heteroatoms. The van der Waals surface area contributed by atoms with E-state index in [2.05, 4.69) is 20.5 Å². The minimum absolute atomic E-state index is 0.0240. The molecule has 104 valence electrons. The Hall–Kier alpha value is -2.29. The van der Waals surface area contributed by atoms with Gasteiger partial charge in [0.1, 0.15) is 17.9 Å². The Balaban J connectivity index is 2.32. The van der Waals surface area contributed by atoms with Crippen LogP contribution >= 0.6 is 0 Å². The average molecular weight is 269 g/mol. The van der Waals surface area contributed by atoms with E-state index in [0.717, 1.165) is 17.8 Å². The summed E-state index contributed by atoms with van der Waals surface area (Å²) in [5, 5.41) is 18.9. The highest BCUT2D eigenvalue weighted by atomic mass is 16.5. The number of anilines is 2. The molecule has 1 fully saturated rings. The van der Waals surface area contributed by atoms with E-state index in [9.17, 15) is 9.59 Å². The molecule has 0 aromatic carbocycles. The first-order valence-corrected chi connectivity index (χ1v) is 5.66. The number of nitrogens with one attached hydrogen (secondary N) is 2. The number of esters is 1. The zero-order valence-electron chi connectivity index (χ0n) is 10.3. The molecule has 2 rings (SSSR count). The zero-order valence-corrected chi connectivity index (χ0v) is 10.3. The lowest BCUT2D eigenvalue weighted by Crippen LogP contribution is -2.51. The third-order valence-corrected chi connectivity index (χ3v) is 2.79. The van der Waals surface area contributed by atoms with Crippen LogP contribution in [0.4, 0.5) is 11.6 Å². The number of carbonyl (C=O) groups excluding carboxylic acids is 1. The first-order valence-electron chi connectivity index (χ1n) is 5.66. The van der Waals surface area contributed by atoms with Gasteiger partial charge in [0.15, 0.2) is 5.82 Å². The maximum absolute atomic E-state index is 11.7. The van der Waals surface area contributed by atoms with E-state index in [1.54, 1.807) is 0 Å². The van der Waals surface area contributed by atoms with E-state index in [0.29, 0.717) is 0 Å². The molecule has 0 amide bonds. The van der Waals surface area contributed by atoms with Crippen LogP contribution in [0.2, 0.25) is 0 Å². The predicted octanol–water partition coefficient (Wildman–Crippen LogP) is -1.28. The number of methoxy groups -OCH3 is 1. The molecule has 19 heavy (non-hydrogen) atoms. The molecule has 1 saturated heterocycles. The molecule has 0 radical (unpaired) electrons. The number of nitrogen functional groups attached to an aromatic ring is 1. The fraction of sp³-hybridized carbons (Fsp3) is 0.500. The van der Waals surface area contributed by atoms with Gasteiger partial charge in [-0.1, -0.05) is 0 Å². The first-order chi connectivity index (χ1) is 9.02. The van der Waals surface area contributed by atoms with Gasteiger partial charge in [-0.05, 0) is 0 Å². The second-order valence-corrected chi connectivity index (χ2v) is 4.15. The topological polar surface area (TPSA) is 132 Å². The van der Waals surface area contributed by atoms with E-state index in [4.69, 9.17) is 10.8 Å². The van der Waals surface area contributed by atoms with Gasteiger partial charge >= 0.3 is 11.9 Å². The molecule has 1 aromatic rings. The monoisotopic (exact) mass is 269 g/mol. The number of aromatic nitrogens is 2. The second-order valence-electron chi connectivity index (χ2n) is 4.15. The molecular formula is C10H15N5O4. The third kappa shape index (κ3) is 2.60. The van der Waals surface area contributed by atoms with Crippen molar-refractivity contribution >= 4 is 23.6 Å². The molecule has 0 saturated carbocycles. The normalized spacial score (nSPS) is 14.8. The van der Waals surface area contributed by atoms with Crippen molar-refractivity contribution < 1.29 is 19.4 Å². The van der Waals surface area contributed by atoms with Crippen molar-refractivity contribution in [2.45, 2.75) is 12.6 Å². The van der Waals surface area contributed by atoms with Crippen molar-refractivity contribution in [3.05, 3.63) is 5.56 Å². The standard InChI is InChI=1S/C10H15N5O4/c1-19-10(18)7-8(11)15(4-6(16)17)14-9(7)13-5-2-12-3-5/h5,12H,2-4,11H2,1H3,(H,13,14)(H,16,17). The molecule has 0 bridgehead atoms. The predicted molar refractivity (Wildman–Crippen MR) is 65.9 cm³/mol. The Morgan fingerprint density at radius 1 is 1.63 bits per heavy atom. The van der Waals surface area contributed by atoms with Gasteiger partial charge in [0, 0.05) is 13.1 Å². The van der Waals surface area contributed by atoms with Crippen molar-refractivity contribution in [1.29, 1.82) is 0 Å². The van der Waals surface area contributed by atoms with E-state index in [1.807, 2.05) is 0 Å². The van der Waals surface area contributed by atoms with Gasteiger partial charge < -0.3 is 26.2 Å². The number of carboxylic acids is 1. The lowest BCUT2D eigenvalue weighted by atomic mass is 10.2. The molecule has 0 unspecified atom stereocenters. The van der Waals surface area contributed by atoms with Crippen LogP contribution in [-0.4, -0.2) is 53.1 Å². The zero-order chi connectivity index (χ0) is 14.0. The maximum Gasteiger partial charge on any atom is 0.345 e. The lowest BCUT2D eigenvalue weighted by Gasteiger charge is -2.28. The van der Waals surface area contributed by atoms with Gasteiger partial charge in [-0.2, -0.15) is 5.10 Å². The Morgan fingerprint density at radius 3 is 2.79 bits per heavy atom. The van der Waals surface area contributed by atoms with Crippen LogP contribution < -0.4 is 16.4 Å². The summed E-state index contributed by atoms with van der Waals surface area (Å²) in [4.78, 5) is 22.4. The van der Waals surface area contributed by atoms with E-state index in [-0.39, 0.29) is 23.2 Å². The van der Waals surface area contributed by atoms with Crippen molar-refractivity contribution in [3.63, 3.8) is 0 Å². The van der Waals surface area contributed by atoms with Gasteiger partial charge in [0.25, 0.3) is 0 Å². The highest BCUT2D eigenvalue weighted by molar-refractivity contribution is 5.99. The molecule has 2 heterocycles. The number of carboxylic acid groups (broad SMARTS) is 1. The lowest BCUT2D eigenvalue weighted by molar-refractivity contribution is -0.137. The van der Waals surface area contributed by atoms with Crippen molar-refractivity contribution in [2.24, 2.45) is 0 Å². The first kappa shape index (κ1) is 13.1. The molecule has 1 aliphatic heterocycles. The summed E-state index contributed by atoms with van der Waals surface area (Å²) in [6.07, 6.45) is 0. The summed E-state index contributed by atoms with van der Waals surface area (Å²) in [7, 11) is 1.23. The molecular weight excluding hydrogens is 254 g/mol. The van der Waals surface area contributed by atoms with Crippen LogP contribution in [0.3, 0.4) is 0 Å². The molecule has 1 aromatic heterocycles. The summed E-state index contributed by atoms with van der Waals surface area (Å²) in [5.74, 6) is -1.52. The molecule has 5 N–H and O–H groups in total. The smallest absolute Gasteiger partial charge is 0.345 e. The fourth-order valence-electron chi connectivity index (χ4n) is 1.71. The number of hydrogen-bond donors (Lipinski definition) is 4. The molecule has 0 atom stereocenters. The van der Waals surface area contributed by atoms with Crippen LogP contribution in [-0.2, 0) is 16.1 Å². The Bertz CT molecular complexity index is 508. The minimum atomic E-state index is -1.09. The minimum Gasteiger partial charge on any atom is -0.480 e. The molecule has 1 aliphatic rings. The Kier molecular flexibility index (Phi) is 3.56. The number of nitrogens with zero attached hydrogens (tertiary/aromatic N) is 2. The number of nitrogens with two attached hydrogens (primary N) is 1. The Labute approximate surface area is 108 Å².